The average molecular weight is 411 g/mol. The number of nitrogens with zero attached hydrogens (tertiary/aromatic N) is 2. The molecule has 31 heavy (non-hydrogen) atoms. The first-order valence-corrected chi connectivity index (χ1v) is 10.3. The molecule has 1 fully saturated rings. The molecular weight excluding hydrogens is 390 g/mol. The van der Waals surface area contributed by atoms with E-state index in [1.165, 1.54) is 10.4 Å². The molecule has 2 heterocycles. The van der Waals surface area contributed by atoms with Gasteiger partial charge in [0.2, 0.25) is 11.8 Å². The molecular formula is C25H21N3O3. The number of aryl methyl sites for hydroxylation is 1. The number of aromatic nitrogens is 1. The summed E-state index contributed by atoms with van der Waals surface area (Å²) in [5, 5.41) is 5.20. The number of carbonyl (C=O) groups excluding carboxylic acids is 3. The molecule has 1 N–H and O–H groups in total. The van der Waals surface area contributed by atoms with Crippen molar-refractivity contribution in [3.63, 3.8) is 0 Å². The molecule has 4 aromatic rings. The van der Waals surface area contributed by atoms with E-state index in [0.717, 1.165) is 22.8 Å². The quantitative estimate of drug-likeness (QED) is 0.494. The third-order valence-corrected chi connectivity index (χ3v) is 5.79. The summed E-state index contributed by atoms with van der Waals surface area (Å²) in [5.41, 5.74) is 3.97. The Labute approximate surface area is 179 Å². The van der Waals surface area contributed by atoms with Gasteiger partial charge in [-0.1, -0.05) is 18.2 Å². The fraction of sp³-hybridized carbons (Fsp3) is 0.160. The Bertz CT molecular complexity index is 1340. The van der Waals surface area contributed by atoms with Gasteiger partial charge in [0.15, 0.2) is 0 Å². The molecule has 0 unspecified atom stereocenters. The Hall–Kier alpha value is -3.93. The van der Waals surface area contributed by atoms with E-state index < -0.39 is 0 Å². The van der Waals surface area contributed by atoms with E-state index in [9.17, 15) is 14.4 Å². The van der Waals surface area contributed by atoms with Gasteiger partial charge in [-0.15, -0.1) is 0 Å². The number of rotatable bonds is 4. The number of anilines is 2. The highest BCUT2D eigenvalue weighted by molar-refractivity contribution is 6.20. The van der Waals surface area contributed by atoms with Crippen molar-refractivity contribution in [2.45, 2.75) is 26.3 Å². The van der Waals surface area contributed by atoms with Crippen molar-refractivity contribution in [3.05, 3.63) is 72.3 Å². The van der Waals surface area contributed by atoms with Crippen LogP contribution in [0.4, 0.5) is 11.4 Å². The minimum atomic E-state index is -0.246. The van der Waals surface area contributed by atoms with Crippen LogP contribution in [-0.4, -0.2) is 22.3 Å². The number of nitrogens with one attached hydrogen (secondary N) is 1. The van der Waals surface area contributed by atoms with E-state index in [1.807, 2.05) is 30.3 Å². The van der Waals surface area contributed by atoms with Crippen LogP contribution in [0.5, 0.6) is 0 Å². The normalized spacial score (nSPS) is 14.0. The third kappa shape index (κ3) is 3.17. The number of hydrogen-bond donors (Lipinski definition) is 1. The zero-order chi connectivity index (χ0) is 21.5. The lowest BCUT2D eigenvalue weighted by atomic mass is 10.1. The predicted molar refractivity (Wildman–Crippen MR) is 121 cm³/mol. The molecule has 3 aromatic carbocycles. The second-order valence-corrected chi connectivity index (χ2v) is 7.62. The van der Waals surface area contributed by atoms with Gasteiger partial charge in [0.1, 0.15) is 0 Å². The highest BCUT2D eigenvalue weighted by atomic mass is 16.2. The standard InChI is InChI=1S/C25H21N3O3/c1-2-27-21-6-4-3-5-19(21)20-15-17(9-12-22(20)27)26-25(31)16-7-10-18(11-8-16)28-23(29)13-14-24(28)30/h3-12,15H,2,13-14H2,1H3,(H,26,31). The van der Waals surface area contributed by atoms with E-state index >= 15 is 0 Å². The second kappa shape index (κ2) is 7.40. The van der Waals surface area contributed by atoms with E-state index in [4.69, 9.17) is 0 Å². The zero-order valence-corrected chi connectivity index (χ0v) is 17.1. The van der Waals surface area contributed by atoms with Crippen LogP contribution < -0.4 is 10.2 Å². The number of para-hydroxylation sites is 1. The lowest BCUT2D eigenvalue weighted by molar-refractivity contribution is -0.121. The van der Waals surface area contributed by atoms with Gasteiger partial charge in [0.05, 0.1) is 5.69 Å². The van der Waals surface area contributed by atoms with Crippen LogP contribution in [0.15, 0.2) is 66.7 Å². The topological polar surface area (TPSA) is 71.4 Å². The van der Waals surface area contributed by atoms with E-state index in [1.54, 1.807) is 24.3 Å². The first-order valence-electron chi connectivity index (χ1n) is 10.3. The fourth-order valence-corrected chi connectivity index (χ4v) is 4.30. The summed E-state index contributed by atoms with van der Waals surface area (Å²) in [7, 11) is 0. The minimum absolute atomic E-state index is 0.207. The maximum atomic E-state index is 12.8. The van der Waals surface area contributed by atoms with Crippen LogP contribution in [0.2, 0.25) is 0 Å². The molecule has 1 aliphatic rings. The molecule has 3 amide bonds. The molecule has 5 rings (SSSR count). The minimum Gasteiger partial charge on any atom is -0.341 e. The molecule has 0 bridgehead atoms. The molecule has 0 atom stereocenters. The molecule has 0 spiro atoms. The Morgan fingerprint density at radius 3 is 2.26 bits per heavy atom. The van der Waals surface area contributed by atoms with Gasteiger partial charge in [-0.2, -0.15) is 0 Å². The molecule has 0 radical (unpaired) electrons. The van der Waals surface area contributed by atoms with Crippen LogP contribution in [-0.2, 0) is 16.1 Å². The molecule has 154 valence electrons. The Morgan fingerprint density at radius 2 is 1.55 bits per heavy atom. The summed E-state index contributed by atoms with van der Waals surface area (Å²) in [6.07, 6.45) is 0.468. The van der Waals surface area contributed by atoms with E-state index in [0.29, 0.717) is 16.9 Å². The third-order valence-electron chi connectivity index (χ3n) is 5.79. The van der Waals surface area contributed by atoms with Gasteiger partial charge in [-0.3, -0.25) is 19.3 Å². The van der Waals surface area contributed by atoms with E-state index in [-0.39, 0.29) is 30.6 Å². The van der Waals surface area contributed by atoms with Crippen molar-refractivity contribution >= 4 is 50.9 Å². The van der Waals surface area contributed by atoms with Crippen LogP contribution in [0.25, 0.3) is 21.8 Å². The molecule has 0 aliphatic carbocycles. The van der Waals surface area contributed by atoms with Crippen molar-refractivity contribution in [3.8, 4) is 0 Å². The Morgan fingerprint density at radius 1 is 0.871 bits per heavy atom. The van der Waals surface area contributed by atoms with Crippen molar-refractivity contribution in [1.29, 1.82) is 0 Å². The Kier molecular flexibility index (Phi) is 4.55. The number of hydrogen-bond acceptors (Lipinski definition) is 3. The molecule has 1 aromatic heterocycles. The van der Waals surface area contributed by atoms with Gasteiger partial charge in [0, 0.05) is 52.4 Å². The maximum Gasteiger partial charge on any atom is 0.255 e. The maximum absolute atomic E-state index is 12.8. The molecule has 1 aliphatic heterocycles. The zero-order valence-electron chi connectivity index (χ0n) is 17.1. The highest BCUT2D eigenvalue weighted by Crippen LogP contribution is 2.31. The van der Waals surface area contributed by atoms with Gasteiger partial charge in [-0.25, -0.2) is 0 Å². The molecule has 1 saturated heterocycles. The van der Waals surface area contributed by atoms with Crippen molar-refractivity contribution in [1.82, 2.24) is 4.57 Å². The number of fused-ring (bicyclic) bond motifs is 3. The summed E-state index contributed by atoms with van der Waals surface area (Å²) in [6.45, 7) is 2.98. The van der Waals surface area contributed by atoms with E-state index in [2.05, 4.69) is 28.9 Å². The molecule has 0 saturated carbocycles. The monoisotopic (exact) mass is 411 g/mol. The lowest BCUT2D eigenvalue weighted by Crippen LogP contribution is -2.28. The lowest BCUT2D eigenvalue weighted by Gasteiger charge is -2.14. The summed E-state index contributed by atoms with van der Waals surface area (Å²) in [6, 6.07) is 20.7. The van der Waals surface area contributed by atoms with Crippen molar-refractivity contribution < 1.29 is 14.4 Å². The SMILES string of the molecule is CCn1c2ccccc2c2cc(NC(=O)c3ccc(N4C(=O)CCC4=O)cc3)ccc21. The molecule has 6 heteroatoms. The van der Waals surface area contributed by atoms with Crippen LogP contribution in [0, 0.1) is 0 Å². The van der Waals surface area contributed by atoms with Gasteiger partial charge >= 0.3 is 0 Å². The number of benzene rings is 3. The smallest absolute Gasteiger partial charge is 0.255 e. The van der Waals surface area contributed by atoms with Crippen LogP contribution in [0.1, 0.15) is 30.1 Å². The first kappa shape index (κ1) is 19.1. The highest BCUT2D eigenvalue weighted by Gasteiger charge is 2.30. The summed E-state index contributed by atoms with van der Waals surface area (Å²) >= 11 is 0. The van der Waals surface area contributed by atoms with Crippen LogP contribution >= 0.6 is 0 Å². The second-order valence-electron chi connectivity index (χ2n) is 7.62. The predicted octanol–water partition coefficient (Wildman–Crippen LogP) is 4.72. The number of imide groups is 1. The summed E-state index contributed by atoms with van der Waals surface area (Å²) in [5.74, 6) is -0.660. The Balaban J connectivity index is 1.42. The largest absolute Gasteiger partial charge is 0.341 e. The van der Waals surface area contributed by atoms with Gasteiger partial charge in [-0.05, 0) is 55.5 Å². The first-order chi connectivity index (χ1) is 15.1. The van der Waals surface area contributed by atoms with Crippen molar-refractivity contribution in [2.24, 2.45) is 0 Å². The summed E-state index contributed by atoms with van der Waals surface area (Å²) < 4.78 is 2.26. The van der Waals surface area contributed by atoms with Crippen LogP contribution in [0.3, 0.4) is 0 Å². The van der Waals surface area contributed by atoms with Gasteiger partial charge in [0.25, 0.3) is 5.91 Å². The number of amides is 3. The summed E-state index contributed by atoms with van der Waals surface area (Å²) in [4.78, 5) is 37.7. The fourth-order valence-electron chi connectivity index (χ4n) is 4.30. The molecule has 6 nitrogen and oxygen atoms in total. The van der Waals surface area contributed by atoms with Crippen molar-refractivity contribution in [2.75, 3.05) is 10.2 Å². The average Bonchev–Trinajstić information content (AvgIpc) is 3.29. The number of carbonyl (C=O) groups is 3. The van der Waals surface area contributed by atoms with Gasteiger partial charge < -0.3 is 9.88 Å².